The molecule has 1 heterocycles. The van der Waals surface area contributed by atoms with E-state index in [0.29, 0.717) is 0 Å². The second-order valence-electron chi connectivity index (χ2n) is 6.44. The van der Waals surface area contributed by atoms with Crippen LogP contribution in [0.15, 0.2) is 24.3 Å². The lowest BCUT2D eigenvalue weighted by molar-refractivity contribution is 0.133. The average Bonchev–Trinajstić information content (AvgIpc) is 2.56. The molecule has 0 aromatic heterocycles. The summed E-state index contributed by atoms with van der Waals surface area (Å²) in [6, 6.07) is 7.94. The maximum Gasteiger partial charge on any atom is 0.161 e. The molecule has 1 aromatic rings. The molecular weight excluding hydrogens is 288 g/mol. The van der Waals surface area contributed by atoms with Crippen molar-refractivity contribution in [2.45, 2.75) is 39.7 Å². The third-order valence-corrected chi connectivity index (χ3v) is 4.25. The third-order valence-electron chi connectivity index (χ3n) is 4.25. The Labute approximate surface area is 141 Å². The quantitative estimate of drug-likeness (QED) is 0.652. The Bertz CT molecular complexity index is 443. The van der Waals surface area contributed by atoms with E-state index in [2.05, 4.69) is 16.7 Å². The standard InChI is InChI=1S/C19H32N2O2/c1-4-20-12-14-21(15-13-20)11-7-8-16-22-18-9-5-6-10-19(18)23-17(2)3/h5-6,9-10,17H,4,7-8,11-16H2,1-3H3. The lowest BCUT2D eigenvalue weighted by Crippen LogP contribution is -2.46. The lowest BCUT2D eigenvalue weighted by atomic mass is 10.2. The van der Waals surface area contributed by atoms with Gasteiger partial charge in [0.1, 0.15) is 0 Å². The van der Waals surface area contributed by atoms with Crippen LogP contribution in [0, 0.1) is 0 Å². The van der Waals surface area contributed by atoms with Crippen LogP contribution in [0.25, 0.3) is 0 Å². The van der Waals surface area contributed by atoms with Gasteiger partial charge in [0.15, 0.2) is 11.5 Å². The molecule has 1 aliphatic heterocycles. The second kappa shape index (κ2) is 9.78. The topological polar surface area (TPSA) is 24.9 Å². The summed E-state index contributed by atoms with van der Waals surface area (Å²) in [7, 11) is 0. The normalized spacial score (nSPS) is 16.7. The molecule has 0 radical (unpaired) electrons. The number of piperazine rings is 1. The molecule has 130 valence electrons. The molecule has 4 nitrogen and oxygen atoms in total. The van der Waals surface area contributed by atoms with Gasteiger partial charge in [0.05, 0.1) is 12.7 Å². The van der Waals surface area contributed by atoms with E-state index in [-0.39, 0.29) is 6.10 Å². The van der Waals surface area contributed by atoms with E-state index in [4.69, 9.17) is 9.47 Å². The molecule has 0 N–H and O–H groups in total. The van der Waals surface area contributed by atoms with Crippen molar-refractivity contribution in [3.63, 3.8) is 0 Å². The van der Waals surface area contributed by atoms with Crippen LogP contribution in [-0.4, -0.2) is 61.8 Å². The van der Waals surface area contributed by atoms with Crippen LogP contribution < -0.4 is 9.47 Å². The van der Waals surface area contributed by atoms with E-state index in [9.17, 15) is 0 Å². The van der Waals surface area contributed by atoms with Crippen LogP contribution in [0.2, 0.25) is 0 Å². The molecule has 0 atom stereocenters. The smallest absolute Gasteiger partial charge is 0.161 e. The number of rotatable bonds is 9. The molecule has 0 spiro atoms. The molecule has 0 aliphatic carbocycles. The molecule has 1 fully saturated rings. The zero-order valence-corrected chi connectivity index (χ0v) is 15.0. The van der Waals surface area contributed by atoms with Gasteiger partial charge in [0.2, 0.25) is 0 Å². The highest BCUT2D eigenvalue weighted by molar-refractivity contribution is 5.39. The number of nitrogens with zero attached hydrogens (tertiary/aromatic N) is 2. The highest BCUT2D eigenvalue weighted by atomic mass is 16.5. The lowest BCUT2D eigenvalue weighted by Gasteiger charge is -2.33. The fourth-order valence-electron chi connectivity index (χ4n) is 2.87. The third kappa shape index (κ3) is 6.40. The van der Waals surface area contributed by atoms with Crippen molar-refractivity contribution in [3.8, 4) is 11.5 Å². The first-order valence-electron chi connectivity index (χ1n) is 9.02. The molecule has 0 unspecified atom stereocenters. The first kappa shape index (κ1) is 18.1. The zero-order chi connectivity index (χ0) is 16.5. The highest BCUT2D eigenvalue weighted by Gasteiger charge is 2.14. The highest BCUT2D eigenvalue weighted by Crippen LogP contribution is 2.27. The maximum atomic E-state index is 5.91. The van der Waals surface area contributed by atoms with Crippen molar-refractivity contribution < 1.29 is 9.47 Å². The van der Waals surface area contributed by atoms with Gasteiger partial charge in [-0.3, -0.25) is 0 Å². The second-order valence-corrected chi connectivity index (χ2v) is 6.44. The Morgan fingerprint density at radius 2 is 1.61 bits per heavy atom. The van der Waals surface area contributed by atoms with Crippen LogP contribution >= 0.6 is 0 Å². The van der Waals surface area contributed by atoms with Gasteiger partial charge in [-0.05, 0) is 51.9 Å². The van der Waals surface area contributed by atoms with Crippen molar-refractivity contribution in [2.24, 2.45) is 0 Å². The number of unbranched alkanes of at least 4 members (excludes halogenated alkanes) is 1. The number of ether oxygens (including phenoxy) is 2. The number of hydrogen-bond donors (Lipinski definition) is 0. The summed E-state index contributed by atoms with van der Waals surface area (Å²) in [6.07, 6.45) is 2.45. The predicted octanol–water partition coefficient (Wildman–Crippen LogP) is 3.27. The fourth-order valence-corrected chi connectivity index (χ4v) is 2.87. The molecule has 23 heavy (non-hydrogen) atoms. The molecule has 1 saturated heterocycles. The number of para-hydroxylation sites is 2. The molecule has 4 heteroatoms. The largest absolute Gasteiger partial charge is 0.490 e. The molecule has 0 bridgehead atoms. The molecule has 0 amide bonds. The first-order chi connectivity index (χ1) is 11.2. The minimum atomic E-state index is 0.168. The summed E-state index contributed by atoms with van der Waals surface area (Å²) in [5, 5.41) is 0. The number of likely N-dealkylation sites (N-methyl/N-ethyl adjacent to an activating group) is 1. The van der Waals surface area contributed by atoms with Gasteiger partial charge in [-0.1, -0.05) is 19.1 Å². The van der Waals surface area contributed by atoms with Crippen molar-refractivity contribution >= 4 is 0 Å². The average molecular weight is 320 g/mol. The summed E-state index contributed by atoms with van der Waals surface area (Å²) in [5.41, 5.74) is 0. The molecule has 2 rings (SSSR count). The van der Waals surface area contributed by atoms with Gasteiger partial charge in [-0.2, -0.15) is 0 Å². The number of benzene rings is 1. The van der Waals surface area contributed by atoms with Crippen LogP contribution in [0.5, 0.6) is 11.5 Å². The Morgan fingerprint density at radius 1 is 0.957 bits per heavy atom. The SMILES string of the molecule is CCN1CCN(CCCCOc2ccccc2OC(C)C)CC1. The van der Waals surface area contributed by atoms with Crippen molar-refractivity contribution in [1.29, 1.82) is 0 Å². The van der Waals surface area contributed by atoms with Gasteiger partial charge in [-0.25, -0.2) is 0 Å². The summed E-state index contributed by atoms with van der Waals surface area (Å²) >= 11 is 0. The maximum absolute atomic E-state index is 5.91. The summed E-state index contributed by atoms with van der Waals surface area (Å²) < 4.78 is 11.7. The van der Waals surface area contributed by atoms with Crippen LogP contribution in [0.4, 0.5) is 0 Å². The molecular formula is C19H32N2O2. The van der Waals surface area contributed by atoms with E-state index in [1.807, 2.05) is 38.1 Å². The summed E-state index contributed by atoms with van der Waals surface area (Å²) in [5.74, 6) is 1.70. The van der Waals surface area contributed by atoms with E-state index in [1.54, 1.807) is 0 Å². The summed E-state index contributed by atoms with van der Waals surface area (Å²) in [6.45, 7) is 14.3. The number of hydrogen-bond acceptors (Lipinski definition) is 4. The fraction of sp³-hybridized carbons (Fsp3) is 0.684. The van der Waals surface area contributed by atoms with Crippen molar-refractivity contribution in [3.05, 3.63) is 24.3 Å². The monoisotopic (exact) mass is 320 g/mol. The Balaban J connectivity index is 1.62. The van der Waals surface area contributed by atoms with Gasteiger partial charge >= 0.3 is 0 Å². The van der Waals surface area contributed by atoms with E-state index >= 15 is 0 Å². The Kier molecular flexibility index (Phi) is 7.69. The van der Waals surface area contributed by atoms with Gasteiger partial charge in [0, 0.05) is 26.2 Å². The molecule has 1 aromatic carbocycles. The zero-order valence-electron chi connectivity index (χ0n) is 15.0. The van der Waals surface area contributed by atoms with E-state index < -0.39 is 0 Å². The van der Waals surface area contributed by atoms with Crippen molar-refractivity contribution in [2.75, 3.05) is 45.9 Å². The molecule has 0 saturated carbocycles. The van der Waals surface area contributed by atoms with E-state index in [0.717, 1.165) is 24.5 Å². The van der Waals surface area contributed by atoms with Crippen LogP contribution in [0.1, 0.15) is 33.6 Å². The Hall–Kier alpha value is -1.26. The Morgan fingerprint density at radius 3 is 2.26 bits per heavy atom. The van der Waals surface area contributed by atoms with Gasteiger partial charge < -0.3 is 19.3 Å². The summed E-state index contributed by atoms with van der Waals surface area (Å²) in [4.78, 5) is 5.09. The van der Waals surface area contributed by atoms with Gasteiger partial charge in [0.25, 0.3) is 0 Å². The molecule has 1 aliphatic rings. The van der Waals surface area contributed by atoms with Crippen LogP contribution in [0.3, 0.4) is 0 Å². The minimum Gasteiger partial charge on any atom is -0.490 e. The first-order valence-corrected chi connectivity index (χ1v) is 9.02. The minimum absolute atomic E-state index is 0.168. The van der Waals surface area contributed by atoms with Gasteiger partial charge in [-0.15, -0.1) is 0 Å². The van der Waals surface area contributed by atoms with Crippen molar-refractivity contribution in [1.82, 2.24) is 9.80 Å². The van der Waals surface area contributed by atoms with E-state index in [1.165, 1.54) is 45.7 Å². The predicted molar refractivity (Wildman–Crippen MR) is 95.5 cm³/mol. The van der Waals surface area contributed by atoms with Crippen LogP contribution in [-0.2, 0) is 0 Å².